The van der Waals surface area contributed by atoms with E-state index < -0.39 is 14.6 Å². The van der Waals surface area contributed by atoms with E-state index in [9.17, 15) is 0 Å². The molecule has 0 N–H and O–H groups in total. The smallest absolute Gasteiger partial charge is 0.490 e. The highest BCUT2D eigenvalue weighted by Gasteiger charge is 2.31. The second kappa shape index (κ2) is 15.5. The van der Waals surface area contributed by atoms with Gasteiger partial charge in [-0.15, -0.1) is 0 Å². The fourth-order valence-electron chi connectivity index (χ4n) is 4.76. The molecule has 0 spiro atoms. The minimum atomic E-state index is -0.983. The number of para-hydroxylation sites is 2. The van der Waals surface area contributed by atoms with Gasteiger partial charge >= 0.3 is 14.6 Å². The van der Waals surface area contributed by atoms with Crippen LogP contribution in [0.25, 0.3) is 0 Å². The van der Waals surface area contributed by atoms with Gasteiger partial charge in [0.05, 0.1) is 0 Å². The maximum Gasteiger partial charge on any atom is 0.864 e. The van der Waals surface area contributed by atoms with Crippen LogP contribution in [-0.4, -0.2) is 14.6 Å². The Bertz CT molecular complexity index is 1790. The lowest BCUT2D eigenvalue weighted by molar-refractivity contribution is 0.306. The van der Waals surface area contributed by atoms with Crippen LogP contribution >= 0.6 is 0 Å². The average Bonchev–Trinajstić information content (AvgIpc) is 3.08. The normalized spacial score (nSPS) is 10.4. The number of hydrogen-bond acceptors (Lipinski definition) is 6. The van der Waals surface area contributed by atoms with Gasteiger partial charge in [-0.3, -0.25) is 0 Å². The number of rotatable bonds is 14. The summed E-state index contributed by atoms with van der Waals surface area (Å²) in [6, 6.07) is 50.2. The number of aryl methyl sites for hydroxylation is 2. The van der Waals surface area contributed by atoms with Crippen LogP contribution in [-0.2, 0) is 6.42 Å². The fraction of sp³-hybridized carbons (Fsp3) is 0.0769. The standard InChI is InChI=1S/C39H34B2O6/c1-30-19-23-36(24-20-30)44-41(46-38-17-9-11-31(2)27-38)45-37-25-21-32(22-26-37)28-33-12-10-18-39(29-33)47-40(42-34-13-5-3-6-14-34)43-35-15-7-4-8-16-35/h3-27,29H,28H2,1-2H3. The maximum absolute atomic E-state index is 6.18. The Morgan fingerprint density at radius 1 is 0.340 bits per heavy atom. The van der Waals surface area contributed by atoms with Crippen LogP contribution in [0.2, 0.25) is 0 Å². The summed E-state index contributed by atoms with van der Waals surface area (Å²) >= 11 is 0. The third-order valence-corrected chi connectivity index (χ3v) is 7.12. The molecule has 0 unspecified atom stereocenters. The molecule has 0 aliphatic carbocycles. The van der Waals surface area contributed by atoms with E-state index in [1.54, 1.807) is 0 Å². The van der Waals surface area contributed by atoms with Gasteiger partial charge in [0.1, 0.15) is 34.5 Å². The van der Waals surface area contributed by atoms with Gasteiger partial charge in [0.15, 0.2) is 0 Å². The van der Waals surface area contributed by atoms with E-state index in [1.807, 2.05) is 166 Å². The van der Waals surface area contributed by atoms with E-state index in [-0.39, 0.29) is 0 Å². The van der Waals surface area contributed by atoms with Gasteiger partial charge < -0.3 is 27.9 Å². The predicted molar refractivity (Wildman–Crippen MR) is 186 cm³/mol. The molecule has 0 aliphatic rings. The minimum Gasteiger partial charge on any atom is -0.490 e. The van der Waals surface area contributed by atoms with Crippen molar-refractivity contribution in [1.82, 2.24) is 0 Å². The summed E-state index contributed by atoms with van der Waals surface area (Å²) in [4.78, 5) is 0. The average molecular weight is 620 g/mol. The Morgan fingerprint density at radius 2 is 0.766 bits per heavy atom. The van der Waals surface area contributed by atoms with Crippen LogP contribution in [0.15, 0.2) is 158 Å². The molecule has 0 bridgehead atoms. The monoisotopic (exact) mass is 620 g/mol. The Hall–Kier alpha value is -5.75. The molecule has 0 saturated heterocycles. The molecule has 0 fully saturated rings. The zero-order chi connectivity index (χ0) is 32.3. The second-order valence-electron chi connectivity index (χ2n) is 11.0. The number of benzene rings is 6. The maximum atomic E-state index is 6.18. The third kappa shape index (κ3) is 9.62. The van der Waals surface area contributed by atoms with E-state index in [2.05, 4.69) is 6.07 Å². The first-order chi connectivity index (χ1) is 23.0. The molecular weight excluding hydrogens is 586 g/mol. The van der Waals surface area contributed by atoms with E-state index in [0.717, 1.165) is 22.3 Å². The molecule has 6 aromatic carbocycles. The lowest BCUT2D eigenvalue weighted by Crippen LogP contribution is -2.37. The molecule has 0 saturated carbocycles. The largest absolute Gasteiger partial charge is 0.864 e. The van der Waals surface area contributed by atoms with Crippen molar-refractivity contribution < 1.29 is 27.9 Å². The predicted octanol–water partition coefficient (Wildman–Crippen LogP) is 8.94. The molecule has 0 radical (unpaired) electrons. The van der Waals surface area contributed by atoms with E-state index in [1.165, 1.54) is 0 Å². The summed E-state index contributed by atoms with van der Waals surface area (Å²) in [6.07, 6.45) is 0.685. The van der Waals surface area contributed by atoms with Crippen molar-refractivity contribution in [2.45, 2.75) is 20.3 Å². The topological polar surface area (TPSA) is 55.4 Å². The highest BCUT2D eigenvalue weighted by molar-refractivity contribution is 6.40. The van der Waals surface area contributed by atoms with Crippen LogP contribution in [0, 0.1) is 13.8 Å². The van der Waals surface area contributed by atoms with Crippen LogP contribution in [0.5, 0.6) is 34.5 Å². The fourth-order valence-corrected chi connectivity index (χ4v) is 4.76. The molecule has 6 nitrogen and oxygen atoms in total. The third-order valence-electron chi connectivity index (χ3n) is 7.12. The summed E-state index contributed by atoms with van der Waals surface area (Å²) in [5, 5.41) is 0. The van der Waals surface area contributed by atoms with Crippen LogP contribution in [0.1, 0.15) is 22.3 Å². The Kier molecular flexibility index (Phi) is 10.3. The SMILES string of the molecule is Cc1ccc(OB(Oc2ccc(Cc3cccc(OB(Oc4ccccc4)Oc4ccccc4)c3)cc2)Oc2cccc(C)c2)cc1. The zero-order valence-corrected chi connectivity index (χ0v) is 26.3. The minimum absolute atomic E-state index is 0.620. The summed E-state index contributed by atoms with van der Waals surface area (Å²) < 4.78 is 36.6. The van der Waals surface area contributed by atoms with Gasteiger partial charge in [-0.25, -0.2) is 0 Å². The molecular formula is C39H34B2O6. The Morgan fingerprint density at radius 3 is 1.30 bits per heavy atom. The lowest BCUT2D eigenvalue weighted by atomic mass is 10.0. The molecule has 6 rings (SSSR count). The van der Waals surface area contributed by atoms with Crippen molar-refractivity contribution in [3.63, 3.8) is 0 Å². The number of hydrogen-bond donors (Lipinski definition) is 0. The Balaban J connectivity index is 1.12. The van der Waals surface area contributed by atoms with Gasteiger partial charge in [0.25, 0.3) is 0 Å². The zero-order valence-electron chi connectivity index (χ0n) is 26.3. The lowest BCUT2D eigenvalue weighted by Gasteiger charge is -2.17. The summed E-state index contributed by atoms with van der Waals surface area (Å²) in [5.74, 6) is 3.84. The van der Waals surface area contributed by atoms with Crippen LogP contribution < -0.4 is 27.9 Å². The van der Waals surface area contributed by atoms with Crippen LogP contribution in [0.3, 0.4) is 0 Å². The molecule has 8 heteroatoms. The summed E-state index contributed by atoms with van der Waals surface area (Å²) in [6.45, 7) is 4.04. The molecule has 47 heavy (non-hydrogen) atoms. The van der Waals surface area contributed by atoms with Crippen LogP contribution in [0.4, 0.5) is 0 Å². The van der Waals surface area contributed by atoms with Gasteiger partial charge in [0.2, 0.25) is 0 Å². The van der Waals surface area contributed by atoms with Crippen molar-refractivity contribution in [1.29, 1.82) is 0 Å². The highest BCUT2D eigenvalue weighted by atomic mass is 16.7. The van der Waals surface area contributed by atoms with Gasteiger partial charge in [-0.1, -0.05) is 90.5 Å². The van der Waals surface area contributed by atoms with Gasteiger partial charge in [-0.05, 0) is 110 Å². The van der Waals surface area contributed by atoms with Crippen molar-refractivity contribution in [3.8, 4) is 34.5 Å². The van der Waals surface area contributed by atoms with Gasteiger partial charge in [0, 0.05) is 0 Å². The molecule has 0 aliphatic heterocycles. The first-order valence-corrected chi connectivity index (χ1v) is 15.5. The molecule has 232 valence electrons. The van der Waals surface area contributed by atoms with Crippen molar-refractivity contribution in [2.75, 3.05) is 0 Å². The molecule has 0 amide bonds. The van der Waals surface area contributed by atoms with Gasteiger partial charge in [-0.2, -0.15) is 0 Å². The molecule has 0 aromatic heterocycles. The van der Waals surface area contributed by atoms with E-state index in [0.29, 0.717) is 40.9 Å². The van der Waals surface area contributed by atoms with Crippen molar-refractivity contribution in [2.24, 2.45) is 0 Å². The second-order valence-corrected chi connectivity index (χ2v) is 11.0. The van der Waals surface area contributed by atoms with Crippen molar-refractivity contribution >= 4 is 14.6 Å². The Labute approximate surface area is 276 Å². The van der Waals surface area contributed by atoms with Crippen molar-refractivity contribution in [3.05, 3.63) is 180 Å². The van der Waals surface area contributed by atoms with E-state index in [4.69, 9.17) is 27.9 Å². The quantitative estimate of drug-likeness (QED) is 0.113. The first kappa shape index (κ1) is 31.2. The first-order valence-electron chi connectivity index (χ1n) is 15.5. The van der Waals surface area contributed by atoms with E-state index >= 15 is 0 Å². The highest BCUT2D eigenvalue weighted by Crippen LogP contribution is 2.23. The summed E-state index contributed by atoms with van der Waals surface area (Å²) in [7, 11) is -1.97. The molecule has 0 heterocycles. The molecule has 6 aromatic rings. The summed E-state index contributed by atoms with van der Waals surface area (Å²) in [5.41, 5.74) is 4.39. The molecule has 0 atom stereocenters.